The molecular weight excluding hydrogens is 389 g/mol. The highest BCUT2D eigenvalue weighted by atomic mass is 32.2. The minimum absolute atomic E-state index is 0.00720. The summed E-state index contributed by atoms with van der Waals surface area (Å²) in [5, 5.41) is 19.3. The van der Waals surface area contributed by atoms with Crippen molar-refractivity contribution in [1.29, 1.82) is 0 Å². The van der Waals surface area contributed by atoms with Gasteiger partial charge in [-0.15, -0.1) is 0 Å². The number of nitrogens with two attached hydrogens (primary N) is 1. The number of anilines is 1. The second-order valence-corrected chi connectivity index (χ2v) is 8.15. The van der Waals surface area contributed by atoms with Gasteiger partial charge < -0.3 is 5.32 Å². The Labute approximate surface area is 154 Å². The standard InChI is InChI=1S/C15H21F3N4O4S/c1-10(11-5-7-21(8-6-11)9-15(16,17)18)20-12-3-2-4-13(27(19,25)26)14(12)22(23)24/h2-4,10-11,20H,5-9H2,1H3,(H2,19,25,26)/t10-/m0/s1. The molecule has 0 unspecified atom stereocenters. The van der Waals surface area contributed by atoms with Crippen molar-refractivity contribution >= 4 is 21.4 Å². The molecule has 0 radical (unpaired) electrons. The van der Waals surface area contributed by atoms with E-state index in [0.29, 0.717) is 12.8 Å². The Morgan fingerprint density at radius 3 is 2.44 bits per heavy atom. The van der Waals surface area contributed by atoms with E-state index in [9.17, 15) is 31.7 Å². The SMILES string of the molecule is C[C@H](Nc1cccc(S(N)(=O)=O)c1[N+](=O)[O-])C1CCN(CC(F)(F)F)CC1. The molecule has 0 saturated carbocycles. The van der Waals surface area contributed by atoms with Gasteiger partial charge >= 0.3 is 11.9 Å². The number of para-hydroxylation sites is 1. The summed E-state index contributed by atoms with van der Waals surface area (Å²) in [7, 11) is -4.28. The van der Waals surface area contributed by atoms with Crippen LogP contribution in [0.15, 0.2) is 23.1 Å². The van der Waals surface area contributed by atoms with Gasteiger partial charge in [-0.1, -0.05) is 6.07 Å². The fraction of sp³-hybridized carbons (Fsp3) is 0.600. The van der Waals surface area contributed by atoms with Crippen LogP contribution >= 0.6 is 0 Å². The summed E-state index contributed by atoms with van der Waals surface area (Å²) in [6.07, 6.45) is -3.26. The first-order valence-corrected chi connectivity index (χ1v) is 9.79. The Morgan fingerprint density at radius 1 is 1.37 bits per heavy atom. The summed E-state index contributed by atoms with van der Waals surface area (Å²) in [6.45, 7) is 1.35. The van der Waals surface area contributed by atoms with Crippen molar-refractivity contribution in [2.45, 2.75) is 36.9 Å². The molecule has 12 heteroatoms. The number of halogens is 3. The molecule has 1 atom stereocenters. The van der Waals surface area contributed by atoms with Crippen LogP contribution in [-0.2, 0) is 10.0 Å². The number of alkyl halides is 3. The third-order valence-corrected chi connectivity index (χ3v) is 5.56. The highest BCUT2D eigenvalue weighted by Crippen LogP contribution is 2.33. The van der Waals surface area contributed by atoms with Gasteiger partial charge in [0.2, 0.25) is 10.0 Å². The largest absolute Gasteiger partial charge is 0.401 e. The van der Waals surface area contributed by atoms with Gasteiger partial charge in [0.05, 0.1) is 11.5 Å². The van der Waals surface area contributed by atoms with E-state index in [2.05, 4.69) is 5.32 Å². The monoisotopic (exact) mass is 410 g/mol. The second kappa shape index (κ2) is 7.98. The molecule has 1 saturated heterocycles. The summed E-state index contributed by atoms with van der Waals surface area (Å²) in [4.78, 5) is 11.3. The van der Waals surface area contributed by atoms with Crippen LogP contribution in [0, 0.1) is 16.0 Å². The van der Waals surface area contributed by atoms with E-state index < -0.39 is 38.3 Å². The molecule has 8 nitrogen and oxygen atoms in total. The highest BCUT2D eigenvalue weighted by molar-refractivity contribution is 7.89. The number of nitro benzene ring substituents is 1. The number of hydrogen-bond acceptors (Lipinski definition) is 6. The number of hydrogen-bond donors (Lipinski definition) is 2. The summed E-state index contributed by atoms with van der Waals surface area (Å²) in [5.74, 6) is -0.00720. The van der Waals surface area contributed by atoms with Crippen molar-refractivity contribution < 1.29 is 26.5 Å². The smallest absolute Gasteiger partial charge is 0.377 e. The minimum Gasteiger partial charge on any atom is -0.377 e. The maximum atomic E-state index is 12.5. The molecule has 0 aliphatic carbocycles. The van der Waals surface area contributed by atoms with Crippen molar-refractivity contribution in [3.63, 3.8) is 0 Å². The molecule has 1 aromatic carbocycles. The van der Waals surface area contributed by atoms with Crippen molar-refractivity contribution in [2.75, 3.05) is 25.0 Å². The van der Waals surface area contributed by atoms with Crippen LogP contribution in [0.4, 0.5) is 24.5 Å². The van der Waals surface area contributed by atoms with Crippen LogP contribution in [0.2, 0.25) is 0 Å². The van der Waals surface area contributed by atoms with Crippen LogP contribution < -0.4 is 10.5 Å². The van der Waals surface area contributed by atoms with Gasteiger partial charge in [-0.05, 0) is 50.9 Å². The number of sulfonamides is 1. The molecule has 0 spiro atoms. The molecule has 1 aliphatic rings. The lowest BCUT2D eigenvalue weighted by Gasteiger charge is -2.35. The van der Waals surface area contributed by atoms with E-state index in [1.807, 2.05) is 0 Å². The quantitative estimate of drug-likeness (QED) is 0.549. The number of likely N-dealkylation sites (tertiary alicyclic amines) is 1. The van der Waals surface area contributed by atoms with Gasteiger partial charge in [-0.3, -0.25) is 15.0 Å². The zero-order chi connectivity index (χ0) is 20.4. The maximum Gasteiger partial charge on any atom is 0.401 e. The summed E-state index contributed by atoms with van der Waals surface area (Å²) < 4.78 is 60.6. The van der Waals surface area contributed by atoms with Crippen LogP contribution in [0.5, 0.6) is 0 Å². The predicted octanol–water partition coefficient (Wildman–Crippen LogP) is 2.32. The molecule has 1 aliphatic heterocycles. The Hall–Kier alpha value is -1.92. The zero-order valence-corrected chi connectivity index (χ0v) is 15.4. The van der Waals surface area contributed by atoms with E-state index in [0.717, 1.165) is 6.07 Å². The van der Waals surface area contributed by atoms with E-state index in [-0.39, 0.29) is 30.7 Å². The minimum atomic E-state index is -4.28. The summed E-state index contributed by atoms with van der Waals surface area (Å²) in [5.41, 5.74) is -0.627. The summed E-state index contributed by atoms with van der Waals surface area (Å²) >= 11 is 0. The first-order valence-electron chi connectivity index (χ1n) is 8.24. The Balaban J connectivity index is 2.11. The molecule has 1 fully saturated rings. The van der Waals surface area contributed by atoms with Gasteiger partial charge in [-0.2, -0.15) is 13.2 Å². The van der Waals surface area contributed by atoms with Crippen molar-refractivity contribution in [3.05, 3.63) is 28.3 Å². The summed E-state index contributed by atoms with van der Waals surface area (Å²) in [6, 6.07) is 3.47. The van der Waals surface area contributed by atoms with Crippen molar-refractivity contribution in [2.24, 2.45) is 11.1 Å². The number of rotatable bonds is 6. The fourth-order valence-electron chi connectivity index (χ4n) is 3.28. The molecule has 1 aromatic rings. The van der Waals surface area contributed by atoms with Crippen LogP contribution in [0.3, 0.4) is 0 Å². The van der Waals surface area contributed by atoms with Gasteiger partial charge in [0.1, 0.15) is 5.69 Å². The molecule has 1 heterocycles. The number of primary sulfonamides is 1. The second-order valence-electron chi connectivity index (χ2n) is 6.62. The van der Waals surface area contributed by atoms with E-state index in [1.54, 1.807) is 6.92 Å². The predicted molar refractivity (Wildman–Crippen MR) is 92.8 cm³/mol. The molecule has 0 aromatic heterocycles. The maximum absolute atomic E-state index is 12.5. The van der Waals surface area contributed by atoms with Crippen LogP contribution in [-0.4, -0.2) is 50.1 Å². The van der Waals surface area contributed by atoms with Gasteiger partial charge in [0.15, 0.2) is 4.90 Å². The van der Waals surface area contributed by atoms with E-state index >= 15 is 0 Å². The molecule has 3 N–H and O–H groups in total. The van der Waals surface area contributed by atoms with Crippen molar-refractivity contribution in [1.82, 2.24) is 4.90 Å². The number of nitrogens with one attached hydrogen (secondary N) is 1. The zero-order valence-electron chi connectivity index (χ0n) is 14.6. The number of nitro groups is 1. The molecule has 0 bridgehead atoms. The lowest BCUT2D eigenvalue weighted by atomic mass is 9.90. The van der Waals surface area contributed by atoms with Gasteiger partial charge in [0.25, 0.3) is 0 Å². The highest BCUT2D eigenvalue weighted by Gasteiger charge is 2.34. The van der Waals surface area contributed by atoms with Gasteiger partial charge in [-0.25, -0.2) is 13.6 Å². The molecule has 0 amide bonds. The van der Waals surface area contributed by atoms with Crippen LogP contribution in [0.1, 0.15) is 19.8 Å². The molecule has 2 rings (SSSR count). The number of benzene rings is 1. The first kappa shape index (κ1) is 21.4. The Morgan fingerprint density at radius 2 is 1.96 bits per heavy atom. The lowest BCUT2D eigenvalue weighted by molar-refractivity contribution is -0.386. The lowest BCUT2D eigenvalue weighted by Crippen LogP contribution is -2.43. The van der Waals surface area contributed by atoms with Crippen molar-refractivity contribution in [3.8, 4) is 0 Å². The van der Waals surface area contributed by atoms with E-state index in [1.165, 1.54) is 17.0 Å². The Bertz CT molecular complexity index is 793. The fourth-order valence-corrected chi connectivity index (χ4v) is 4.01. The van der Waals surface area contributed by atoms with Gasteiger partial charge in [0, 0.05) is 6.04 Å². The first-order chi connectivity index (χ1) is 12.4. The van der Waals surface area contributed by atoms with Crippen LogP contribution in [0.25, 0.3) is 0 Å². The number of nitrogens with zero attached hydrogens (tertiary/aromatic N) is 2. The third kappa shape index (κ3) is 5.78. The Kier molecular flexibility index (Phi) is 6.32. The number of piperidine rings is 1. The molecule has 152 valence electrons. The average molecular weight is 410 g/mol. The normalized spacial score (nSPS) is 18.3. The third-order valence-electron chi connectivity index (χ3n) is 4.61. The average Bonchev–Trinajstić information content (AvgIpc) is 2.52. The topological polar surface area (TPSA) is 119 Å². The molecule has 27 heavy (non-hydrogen) atoms. The van der Waals surface area contributed by atoms with E-state index in [4.69, 9.17) is 5.14 Å². The molecular formula is C15H21F3N4O4S.